The molecular formula is C18H17F2NO3S. The maximum Gasteiger partial charge on any atom is 0.316 e. The fourth-order valence-corrected chi connectivity index (χ4v) is 2.89. The van der Waals surface area contributed by atoms with Gasteiger partial charge in [-0.25, -0.2) is 8.78 Å². The molecule has 4 nitrogen and oxygen atoms in total. The summed E-state index contributed by atoms with van der Waals surface area (Å²) in [5.41, 5.74) is 1.83. The molecule has 2 aromatic rings. The molecule has 2 rings (SSSR count). The third-order valence-corrected chi connectivity index (χ3v) is 4.39. The molecular weight excluding hydrogens is 348 g/mol. The second kappa shape index (κ2) is 8.62. The van der Waals surface area contributed by atoms with E-state index in [1.807, 2.05) is 32.0 Å². The van der Waals surface area contributed by atoms with Crippen LogP contribution in [0.15, 0.2) is 41.3 Å². The Bertz CT molecular complexity index is 796. The Labute approximate surface area is 148 Å². The van der Waals surface area contributed by atoms with Gasteiger partial charge in [0.15, 0.2) is 6.61 Å². The number of aryl methyl sites for hydroxylation is 2. The van der Waals surface area contributed by atoms with E-state index in [-0.39, 0.29) is 11.4 Å². The number of carbonyl (C=O) groups is 2. The summed E-state index contributed by atoms with van der Waals surface area (Å²) in [4.78, 5) is 24.4. The fraction of sp³-hybridized carbons (Fsp3) is 0.222. The fourth-order valence-electron chi connectivity index (χ4n) is 1.97. The number of thioether (sulfide) groups is 1. The van der Waals surface area contributed by atoms with Gasteiger partial charge in [0.25, 0.3) is 5.91 Å². The first-order chi connectivity index (χ1) is 11.8. The van der Waals surface area contributed by atoms with Crippen LogP contribution in [-0.4, -0.2) is 24.2 Å². The molecule has 1 amide bonds. The van der Waals surface area contributed by atoms with E-state index >= 15 is 0 Å². The summed E-state index contributed by atoms with van der Waals surface area (Å²) >= 11 is 1.31. The zero-order chi connectivity index (χ0) is 18.4. The van der Waals surface area contributed by atoms with E-state index in [0.29, 0.717) is 0 Å². The van der Waals surface area contributed by atoms with E-state index in [9.17, 15) is 18.4 Å². The number of carbonyl (C=O) groups excluding carboxylic acids is 2. The first kappa shape index (κ1) is 18.9. The first-order valence-electron chi connectivity index (χ1n) is 7.45. The molecule has 0 aliphatic rings. The van der Waals surface area contributed by atoms with Crippen LogP contribution in [0.3, 0.4) is 0 Å². The van der Waals surface area contributed by atoms with Crippen LogP contribution in [0.25, 0.3) is 0 Å². The lowest BCUT2D eigenvalue weighted by Crippen LogP contribution is -2.22. The second-order valence-corrected chi connectivity index (χ2v) is 6.41. The van der Waals surface area contributed by atoms with Gasteiger partial charge in [-0.15, -0.1) is 11.8 Å². The second-order valence-electron chi connectivity index (χ2n) is 5.39. The highest BCUT2D eigenvalue weighted by atomic mass is 32.2. The molecule has 25 heavy (non-hydrogen) atoms. The molecule has 0 fully saturated rings. The van der Waals surface area contributed by atoms with Gasteiger partial charge in [0.1, 0.15) is 11.6 Å². The van der Waals surface area contributed by atoms with Crippen molar-refractivity contribution in [3.05, 3.63) is 59.2 Å². The summed E-state index contributed by atoms with van der Waals surface area (Å²) in [5, 5.41) is 2.16. The number of halogens is 2. The van der Waals surface area contributed by atoms with Gasteiger partial charge in [0.2, 0.25) is 0 Å². The molecule has 1 N–H and O–H groups in total. The summed E-state index contributed by atoms with van der Waals surface area (Å²) in [6, 6.07) is 8.60. The van der Waals surface area contributed by atoms with Gasteiger partial charge in [0, 0.05) is 11.0 Å². The predicted molar refractivity (Wildman–Crippen MR) is 92.6 cm³/mol. The summed E-state index contributed by atoms with van der Waals surface area (Å²) in [6.07, 6.45) is 0. The van der Waals surface area contributed by atoms with Crippen LogP contribution >= 0.6 is 11.8 Å². The molecule has 0 unspecified atom stereocenters. The molecule has 0 aliphatic heterocycles. The highest BCUT2D eigenvalue weighted by molar-refractivity contribution is 8.00. The van der Waals surface area contributed by atoms with Crippen molar-refractivity contribution in [3.8, 4) is 0 Å². The summed E-state index contributed by atoms with van der Waals surface area (Å²) in [7, 11) is 0. The third-order valence-electron chi connectivity index (χ3n) is 3.26. The number of rotatable bonds is 6. The quantitative estimate of drug-likeness (QED) is 0.624. The highest BCUT2D eigenvalue weighted by Gasteiger charge is 2.12. The molecule has 0 saturated heterocycles. The lowest BCUT2D eigenvalue weighted by atomic mass is 10.2. The molecule has 0 atom stereocenters. The monoisotopic (exact) mass is 365 g/mol. The molecule has 0 aromatic heterocycles. The maximum absolute atomic E-state index is 13.4. The number of hydrogen-bond donors (Lipinski definition) is 1. The standard InChI is InChI=1S/C18H17F2NO3S/c1-11-3-4-12(2)16(7-11)25-10-18(23)24-9-17(22)21-15-8-13(19)5-6-14(15)20/h3-8H,9-10H2,1-2H3,(H,21,22). The minimum atomic E-state index is -0.772. The van der Waals surface area contributed by atoms with Crippen LogP contribution in [-0.2, 0) is 14.3 Å². The molecule has 0 spiro atoms. The van der Waals surface area contributed by atoms with Gasteiger partial charge in [-0.05, 0) is 37.6 Å². The number of benzene rings is 2. The van der Waals surface area contributed by atoms with Gasteiger partial charge in [-0.1, -0.05) is 17.7 Å². The van der Waals surface area contributed by atoms with Crippen molar-refractivity contribution in [1.29, 1.82) is 0 Å². The van der Waals surface area contributed by atoms with E-state index < -0.39 is 30.1 Å². The van der Waals surface area contributed by atoms with Gasteiger partial charge in [-0.3, -0.25) is 9.59 Å². The van der Waals surface area contributed by atoms with Crippen LogP contribution in [0.5, 0.6) is 0 Å². The molecule has 2 aromatic carbocycles. The average Bonchev–Trinajstić information content (AvgIpc) is 2.57. The lowest BCUT2D eigenvalue weighted by molar-refractivity contribution is -0.144. The van der Waals surface area contributed by atoms with Gasteiger partial charge in [-0.2, -0.15) is 0 Å². The van der Waals surface area contributed by atoms with E-state index in [1.165, 1.54) is 11.8 Å². The summed E-state index contributed by atoms with van der Waals surface area (Å²) in [6.45, 7) is 3.33. The minimum absolute atomic E-state index is 0.0475. The molecule has 0 radical (unpaired) electrons. The van der Waals surface area contributed by atoms with Crippen LogP contribution in [0, 0.1) is 25.5 Å². The Morgan fingerprint density at radius 1 is 1.12 bits per heavy atom. The average molecular weight is 365 g/mol. The van der Waals surface area contributed by atoms with Crippen molar-refractivity contribution in [2.45, 2.75) is 18.7 Å². The number of ether oxygens (including phenoxy) is 1. The van der Waals surface area contributed by atoms with Crippen molar-refractivity contribution in [3.63, 3.8) is 0 Å². The smallest absolute Gasteiger partial charge is 0.316 e. The zero-order valence-corrected chi connectivity index (χ0v) is 14.6. The van der Waals surface area contributed by atoms with Crippen LogP contribution in [0.4, 0.5) is 14.5 Å². The predicted octanol–water partition coefficient (Wildman–Crippen LogP) is 3.86. The zero-order valence-electron chi connectivity index (χ0n) is 13.8. The van der Waals surface area contributed by atoms with Crippen molar-refractivity contribution in [2.75, 3.05) is 17.7 Å². The topological polar surface area (TPSA) is 55.4 Å². The van der Waals surface area contributed by atoms with Gasteiger partial charge < -0.3 is 10.1 Å². The van der Waals surface area contributed by atoms with Gasteiger partial charge >= 0.3 is 5.97 Å². The summed E-state index contributed by atoms with van der Waals surface area (Å²) in [5.74, 6) is -2.72. The molecule has 0 saturated carbocycles. The Morgan fingerprint density at radius 2 is 1.88 bits per heavy atom. The summed E-state index contributed by atoms with van der Waals surface area (Å²) < 4.78 is 31.3. The Balaban J connectivity index is 1.80. The molecule has 0 bridgehead atoms. The van der Waals surface area contributed by atoms with Crippen LogP contribution < -0.4 is 5.32 Å². The van der Waals surface area contributed by atoms with Crippen molar-refractivity contribution in [1.82, 2.24) is 0 Å². The maximum atomic E-state index is 13.4. The number of hydrogen-bond acceptors (Lipinski definition) is 4. The van der Waals surface area contributed by atoms with Crippen molar-refractivity contribution in [2.24, 2.45) is 0 Å². The number of amides is 1. The third kappa shape index (κ3) is 5.86. The van der Waals surface area contributed by atoms with E-state index in [4.69, 9.17) is 4.74 Å². The Kier molecular flexibility index (Phi) is 6.52. The van der Waals surface area contributed by atoms with E-state index in [2.05, 4.69) is 5.32 Å². The molecule has 132 valence electrons. The Morgan fingerprint density at radius 3 is 2.64 bits per heavy atom. The first-order valence-corrected chi connectivity index (χ1v) is 8.44. The van der Waals surface area contributed by atoms with Crippen LogP contribution in [0.2, 0.25) is 0 Å². The van der Waals surface area contributed by atoms with E-state index in [0.717, 1.165) is 34.2 Å². The van der Waals surface area contributed by atoms with Crippen molar-refractivity contribution < 1.29 is 23.1 Å². The molecule has 7 heteroatoms. The molecule has 0 aliphatic carbocycles. The number of esters is 1. The minimum Gasteiger partial charge on any atom is -0.455 e. The largest absolute Gasteiger partial charge is 0.455 e. The lowest BCUT2D eigenvalue weighted by Gasteiger charge is -2.08. The van der Waals surface area contributed by atoms with Crippen molar-refractivity contribution >= 4 is 29.3 Å². The molecule has 0 heterocycles. The number of nitrogens with one attached hydrogen (secondary N) is 1. The Hall–Kier alpha value is -2.41. The number of anilines is 1. The van der Waals surface area contributed by atoms with Gasteiger partial charge in [0.05, 0.1) is 11.4 Å². The van der Waals surface area contributed by atoms with Crippen LogP contribution in [0.1, 0.15) is 11.1 Å². The van der Waals surface area contributed by atoms with E-state index in [1.54, 1.807) is 0 Å². The normalized spacial score (nSPS) is 10.4. The highest BCUT2D eigenvalue weighted by Crippen LogP contribution is 2.23. The SMILES string of the molecule is Cc1ccc(C)c(SCC(=O)OCC(=O)Nc2cc(F)ccc2F)c1.